The van der Waals surface area contributed by atoms with Crippen molar-refractivity contribution in [3.05, 3.63) is 88.1 Å². The van der Waals surface area contributed by atoms with Crippen LogP contribution in [0.5, 0.6) is 0 Å². The summed E-state index contributed by atoms with van der Waals surface area (Å²) in [5, 5.41) is 0.973. The van der Waals surface area contributed by atoms with Crippen molar-refractivity contribution < 1.29 is 9.21 Å². The van der Waals surface area contributed by atoms with E-state index in [9.17, 15) is 4.79 Å². The second-order valence-electron chi connectivity index (χ2n) is 5.57. The SMILES string of the molecule is O=C(Cc1c(Cl)cccc1Cl)N(Cc1cccnc1)Cc1ccco1. The quantitative estimate of drug-likeness (QED) is 0.625. The van der Waals surface area contributed by atoms with Gasteiger partial charge in [0.15, 0.2) is 0 Å². The van der Waals surface area contributed by atoms with Crippen LogP contribution in [0, 0.1) is 0 Å². The Hall–Kier alpha value is -2.30. The van der Waals surface area contributed by atoms with Gasteiger partial charge in [-0.25, -0.2) is 0 Å². The predicted octanol–water partition coefficient (Wildman–Crippen LogP) is 4.75. The topological polar surface area (TPSA) is 46.3 Å². The van der Waals surface area contributed by atoms with Gasteiger partial charge < -0.3 is 9.32 Å². The molecule has 128 valence electrons. The molecule has 0 saturated heterocycles. The molecule has 0 atom stereocenters. The first-order chi connectivity index (χ1) is 12.1. The van der Waals surface area contributed by atoms with Gasteiger partial charge in [-0.05, 0) is 41.5 Å². The van der Waals surface area contributed by atoms with E-state index in [-0.39, 0.29) is 12.3 Å². The van der Waals surface area contributed by atoms with Gasteiger partial charge in [0.25, 0.3) is 0 Å². The highest BCUT2D eigenvalue weighted by molar-refractivity contribution is 6.36. The van der Waals surface area contributed by atoms with E-state index in [0.717, 1.165) is 5.56 Å². The van der Waals surface area contributed by atoms with E-state index < -0.39 is 0 Å². The molecule has 0 radical (unpaired) electrons. The molecule has 0 saturated carbocycles. The van der Waals surface area contributed by atoms with Crippen molar-refractivity contribution in [2.45, 2.75) is 19.5 Å². The van der Waals surface area contributed by atoms with Gasteiger partial charge in [0.2, 0.25) is 5.91 Å². The Bertz CT molecular complexity index is 816. The van der Waals surface area contributed by atoms with Crippen LogP contribution < -0.4 is 0 Å². The molecule has 0 aliphatic carbocycles. The molecule has 1 amide bonds. The molecule has 1 aromatic carbocycles. The monoisotopic (exact) mass is 374 g/mol. The standard InChI is InChI=1S/C19H16Cl2N2O2/c20-17-6-1-7-18(21)16(17)10-19(24)23(13-15-5-3-9-25-15)12-14-4-2-8-22-11-14/h1-9,11H,10,12-13H2. The van der Waals surface area contributed by atoms with E-state index in [4.69, 9.17) is 27.6 Å². The Morgan fingerprint density at radius 1 is 1.04 bits per heavy atom. The Balaban J connectivity index is 1.81. The summed E-state index contributed by atoms with van der Waals surface area (Å²) in [5.41, 5.74) is 1.57. The van der Waals surface area contributed by atoms with E-state index in [0.29, 0.717) is 34.5 Å². The van der Waals surface area contributed by atoms with E-state index in [1.165, 1.54) is 0 Å². The number of hydrogen-bond acceptors (Lipinski definition) is 3. The maximum absolute atomic E-state index is 12.9. The predicted molar refractivity (Wildman–Crippen MR) is 97.4 cm³/mol. The molecule has 2 heterocycles. The van der Waals surface area contributed by atoms with Gasteiger partial charge in [-0.1, -0.05) is 35.3 Å². The van der Waals surface area contributed by atoms with Crippen LogP contribution in [0.1, 0.15) is 16.9 Å². The highest BCUT2D eigenvalue weighted by Gasteiger charge is 2.19. The second kappa shape index (κ2) is 8.19. The second-order valence-corrected chi connectivity index (χ2v) is 6.38. The molecule has 0 aliphatic heterocycles. The molecule has 0 spiro atoms. The van der Waals surface area contributed by atoms with Crippen molar-refractivity contribution in [2.75, 3.05) is 0 Å². The van der Waals surface area contributed by atoms with Gasteiger partial charge in [0, 0.05) is 29.0 Å². The fourth-order valence-corrected chi connectivity index (χ4v) is 3.03. The van der Waals surface area contributed by atoms with Gasteiger partial charge in [0.1, 0.15) is 5.76 Å². The van der Waals surface area contributed by atoms with Gasteiger partial charge >= 0.3 is 0 Å². The van der Waals surface area contributed by atoms with E-state index in [1.807, 2.05) is 18.2 Å². The van der Waals surface area contributed by atoms with Gasteiger partial charge in [-0.2, -0.15) is 0 Å². The van der Waals surface area contributed by atoms with Crippen LogP contribution in [0.15, 0.2) is 65.5 Å². The summed E-state index contributed by atoms with van der Waals surface area (Å²) >= 11 is 12.4. The Morgan fingerprint density at radius 3 is 2.48 bits per heavy atom. The van der Waals surface area contributed by atoms with Crippen molar-refractivity contribution in [3.8, 4) is 0 Å². The normalized spacial score (nSPS) is 10.6. The molecule has 0 N–H and O–H groups in total. The number of rotatable bonds is 6. The highest BCUT2D eigenvalue weighted by atomic mass is 35.5. The van der Waals surface area contributed by atoms with Crippen LogP contribution in [0.25, 0.3) is 0 Å². The summed E-state index contributed by atoms with van der Waals surface area (Å²) in [7, 11) is 0. The van der Waals surface area contributed by atoms with E-state index >= 15 is 0 Å². The molecular weight excluding hydrogens is 359 g/mol. The van der Waals surface area contributed by atoms with E-state index in [1.54, 1.807) is 47.8 Å². The smallest absolute Gasteiger partial charge is 0.227 e. The van der Waals surface area contributed by atoms with Crippen molar-refractivity contribution >= 4 is 29.1 Å². The minimum atomic E-state index is -0.0877. The Morgan fingerprint density at radius 2 is 1.84 bits per heavy atom. The number of pyridine rings is 1. The average molecular weight is 375 g/mol. The van der Waals surface area contributed by atoms with Gasteiger partial charge in [-0.3, -0.25) is 9.78 Å². The lowest BCUT2D eigenvalue weighted by atomic mass is 10.1. The lowest BCUT2D eigenvalue weighted by molar-refractivity contribution is -0.132. The number of furan rings is 1. The number of halogens is 2. The van der Waals surface area contributed by atoms with Crippen molar-refractivity contribution in [2.24, 2.45) is 0 Å². The third-order valence-electron chi connectivity index (χ3n) is 3.77. The first-order valence-corrected chi connectivity index (χ1v) is 8.51. The molecule has 6 heteroatoms. The summed E-state index contributed by atoms with van der Waals surface area (Å²) in [5.74, 6) is 0.623. The summed E-state index contributed by atoms with van der Waals surface area (Å²) in [6, 6.07) is 12.6. The molecule has 3 rings (SSSR count). The largest absolute Gasteiger partial charge is 0.467 e. The zero-order chi connectivity index (χ0) is 17.6. The van der Waals surface area contributed by atoms with E-state index in [2.05, 4.69) is 4.98 Å². The molecule has 0 fully saturated rings. The lowest BCUT2D eigenvalue weighted by Crippen LogP contribution is -2.31. The number of nitrogens with zero attached hydrogens (tertiary/aromatic N) is 2. The molecule has 0 unspecified atom stereocenters. The molecule has 2 aromatic heterocycles. The lowest BCUT2D eigenvalue weighted by Gasteiger charge is -2.22. The number of benzene rings is 1. The highest BCUT2D eigenvalue weighted by Crippen LogP contribution is 2.25. The molecule has 4 nitrogen and oxygen atoms in total. The van der Waals surface area contributed by atoms with Crippen LogP contribution >= 0.6 is 23.2 Å². The zero-order valence-electron chi connectivity index (χ0n) is 13.4. The number of carbonyl (C=O) groups is 1. The molecule has 3 aromatic rings. The van der Waals surface area contributed by atoms with Crippen LogP contribution in [0.4, 0.5) is 0 Å². The number of aromatic nitrogens is 1. The first kappa shape index (κ1) is 17.5. The Kier molecular flexibility index (Phi) is 5.74. The third-order valence-corrected chi connectivity index (χ3v) is 4.47. The summed E-state index contributed by atoms with van der Waals surface area (Å²) < 4.78 is 5.39. The van der Waals surface area contributed by atoms with Crippen LogP contribution in [-0.2, 0) is 24.3 Å². The maximum Gasteiger partial charge on any atom is 0.227 e. The van der Waals surface area contributed by atoms with Crippen LogP contribution in [0.2, 0.25) is 10.0 Å². The number of carbonyl (C=O) groups excluding carboxylic acids is 1. The maximum atomic E-state index is 12.9. The molecule has 25 heavy (non-hydrogen) atoms. The summed E-state index contributed by atoms with van der Waals surface area (Å²) in [4.78, 5) is 18.7. The minimum Gasteiger partial charge on any atom is -0.467 e. The molecule has 0 bridgehead atoms. The van der Waals surface area contributed by atoms with Gasteiger partial charge in [-0.15, -0.1) is 0 Å². The minimum absolute atomic E-state index is 0.0877. The average Bonchev–Trinajstić information content (AvgIpc) is 3.11. The third kappa shape index (κ3) is 4.62. The van der Waals surface area contributed by atoms with Crippen molar-refractivity contribution in [3.63, 3.8) is 0 Å². The van der Waals surface area contributed by atoms with Crippen molar-refractivity contribution in [1.82, 2.24) is 9.88 Å². The van der Waals surface area contributed by atoms with Crippen LogP contribution in [0.3, 0.4) is 0 Å². The molecule has 0 aliphatic rings. The van der Waals surface area contributed by atoms with Crippen LogP contribution in [-0.4, -0.2) is 15.8 Å². The molecular formula is C19H16Cl2N2O2. The number of hydrogen-bond donors (Lipinski definition) is 0. The van der Waals surface area contributed by atoms with Crippen molar-refractivity contribution in [1.29, 1.82) is 0 Å². The number of amides is 1. The zero-order valence-corrected chi connectivity index (χ0v) is 14.9. The first-order valence-electron chi connectivity index (χ1n) is 7.75. The Labute approximate surface area is 156 Å². The van der Waals surface area contributed by atoms with Gasteiger partial charge in [0.05, 0.1) is 19.2 Å². The fourth-order valence-electron chi connectivity index (χ4n) is 2.50. The summed E-state index contributed by atoms with van der Waals surface area (Å²) in [6.07, 6.45) is 5.16. The fraction of sp³-hybridized carbons (Fsp3) is 0.158. The summed E-state index contributed by atoms with van der Waals surface area (Å²) in [6.45, 7) is 0.790.